The van der Waals surface area contributed by atoms with Crippen LogP contribution in [0.5, 0.6) is 17.2 Å². The van der Waals surface area contributed by atoms with E-state index in [1.165, 1.54) is 31.0 Å². The Labute approximate surface area is 331 Å². The van der Waals surface area contributed by atoms with Gasteiger partial charge in [0, 0.05) is 22.0 Å². The minimum absolute atomic E-state index is 0.0121. The van der Waals surface area contributed by atoms with Crippen molar-refractivity contribution in [1.82, 2.24) is 0 Å². The topological polar surface area (TPSA) is 91.3 Å². The van der Waals surface area contributed by atoms with Crippen molar-refractivity contribution < 1.29 is 31.9 Å². The van der Waals surface area contributed by atoms with Gasteiger partial charge in [-0.1, -0.05) is 119 Å². The molecule has 55 heavy (non-hydrogen) atoms. The molecule has 5 aromatic rings. The van der Waals surface area contributed by atoms with E-state index in [-0.39, 0.29) is 17.3 Å². The molecule has 5 rings (SSSR count). The molecule has 0 aliphatic heterocycles. The lowest BCUT2D eigenvalue weighted by Gasteiger charge is -2.21. The van der Waals surface area contributed by atoms with Gasteiger partial charge < -0.3 is 23.5 Å². The van der Waals surface area contributed by atoms with Crippen LogP contribution in [-0.4, -0.2) is 40.0 Å². The Kier molecular flexibility index (Phi) is 16.3. The minimum atomic E-state index is -4.29. The molecule has 0 fully saturated rings. The third-order valence-electron chi connectivity index (χ3n) is 8.95. The lowest BCUT2D eigenvalue weighted by Crippen LogP contribution is -2.11. The number of ether oxygens (including phenoxy) is 3. The second kappa shape index (κ2) is 21.5. The van der Waals surface area contributed by atoms with Crippen LogP contribution in [0.2, 0.25) is 0 Å². The van der Waals surface area contributed by atoms with E-state index in [4.69, 9.17) is 18.4 Å². The zero-order valence-electron chi connectivity index (χ0n) is 31.8. The van der Waals surface area contributed by atoms with E-state index in [1.54, 1.807) is 48.5 Å². The Hall–Kier alpha value is -4.54. The van der Waals surface area contributed by atoms with Crippen LogP contribution in [0, 0.1) is 0 Å². The van der Waals surface area contributed by atoms with Crippen LogP contribution in [0.1, 0.15) is 75.2 Å². The Morgan fingerprint density at radius 3 is 2.25 bits per heavy atom. The van der Waals surface area contributed by atoms with Gasteiger partial charge in [0.2, 0.25) is 0 Å². The summed E-state index contributed by atoms with van der Waals surface area (Å²) < 4.78 is 51.5. The molecular formula is C46H52O7S2. The second-order valence-electron chi connectivity index (χ2n) is 13.2. The summed E-state index contributed by atoms with van der Waals surface area (Å²) in [5.74, 6) is 1.51. The Balaban J connectivity index is 1.48. The summed E-state index contributed by atoms with van der Waals surface area (Å²) >= 11 is 1.32. The number of rotatable bonds is 23. The monoisotopic (exact) mass is 780 g/mol. The molecule has 0 saturated carbocycles. The molecule has 1 N–H and O–H groups in total. The van der Waals surface area contributed by atoms with Gasteiger partial charge >= 0.3 is 10.1 Å². The number of para-hydroxylation sites is 1. The molecule has 0 aliphatic carbocycles. The van der Waals surface area contributed by atoms with Crippen molar-refractivity contribution in [1.29, 1.82) is 0 Å². The number of hydrogen-bond donors (Lipinski definition) is 1. The minimum Gasteiger partial charge on any atom is -0.494 e. The summed E-state index contributed by atoms with van der Waals surface area (Å²) in [6, 6.07) is 34.7. The molecular weight excluding hydrogens is 729 g/mol. The number of aliphatic hydroxyl groups is 1. The van der Waals surface area contributed by atoms with Gasteiger partial charge in [-0.05, 0) is 102 Å². The van der Waals surface area contributed by atoms with Crippen LogP contribution >= 0.6 is 11.8 Å². The Morgan fingerprint density at radius 1 is 0.727 bits per heavy atom. The summed E-state index contributed by atoms with van der Waals surface area (Å²) in [7, 11) is -4.29. The van der Waals surface area contributed by atoms with E-state index in [0.29, 0.717) is 52.5 Å². The first-order valence-electron chi connectivity index (χ1n) is 19.1. The highest BCUT2D eigenvalue weighted by Gasteiger charge is 2.25. The fourth-order valence-corrected chi connectivity index (χ4v) is 8.30. The standard InChI is InChI=1S/C46H52O7S2/c1-4-7-9-15-30-50-32-28-35-20-26-43(52-29-6-3)42(33-35)46(47)41-19-14-13-18-40(41)36-21-27-44(54-39-24-22-37(23-25-39)51-31-8-5-2)45(34-36)55(48,49)53-38-16-11-10-12-17-38/h6,10-14,16-27,33-34,46-47H,3-5,7-9,15,28-32H2,1-2H3. The predicted molar refractivity (Wildman–Crippen MR) is 222 cm³/mol. The molecule has 0 aliphatic rings. The molecule has 7 nitrogen and oxygen atoms in total. The SMILES string of the molecule is C=CCOc1ccc(CCOCCCCCC)cc1C(O)c1ccccc1-c1ccc(Sc2ccc(OCCCC)cc2)c(S(=O)(=O)Oc2ccccc2)c1. The van der Waals surface area contributed by atoms with Crippen LogP contribution < -0.4 is 13.7 Å². The maximum atomic E-state index is 14.1. The first-order valence-corrected chi connectivity index (χ1v) is 21.3. The first kappa shape index (κ1) is 41.6. The van der Waals surface area contributed by atoms with Crippen LogP contribution in [0.15, 0.2) is 143 Å². The van der Waals surface area contributed by atoms with E-state index >= 15 is 0 Å². The highest BCUT2D eigenvalue weighted by molar-refractivity contribution is 8.00. The van der Waals surface area contributed by atoms with Crippen LogP contribution in [0.4, 0.5) is 0 Å². The van der Waals surface area contributed by atoms with E-state index in [0.717, 1.165) is 42.1 Å². The molecule has 0 amide bonds. The molecule has 1 atom stereocenters. The van der Waals surface area contributed by atoms with Crippen LogP contribution in [0.25, 0.3) is 11.1 Å². The molecule has 5 aromatic carbocycles. The van der Waals surface area contributed by atoms with Gasteiger partial charge in [0.15, 0.2) is 0 Å². The summed E-state index contributed by atoms with van der Waals surface area (Å²) in [6.07, 6.45) is 7.90. The quantitative estimate of drug-likeness (QED) is 0.0398. The van der Waals surface area contributed by atoms with Crippen molar-refractivity contribution in [3.8, 4) is 28.4 Å². The van der Waals surface area contributed by atoms with Gasteiger partial charge in [0.25, 0.3) is 0 Å². The Bertz CT molecular complexity index is 2050. The van der Waals surface area contributed by atoms with E-state index in [1.807, 2.05) is 72.8 Å². The molecule has 0 aromatic heterocycles. The van der Waals surface area contributed by atoms with Gasteiger partial charge in [-0.15, -0.1) is 0 Å². The third kappa shape index (κ3) is 12.2. The van der Waals surface area contributed by atoms with Crippen LogP contribution in [0.3, 0.4) is 0 Å². The molecule has 0 saturated heterocycles. The molecule has 290 valence electrons. The molecule has 9 heteroatoms. The summed E-state index contributed by atoms with van der Waals surface area (Å²) in [6.45, 7) is 10.3. The zero-order chi connectivity index (χ0) is 38.9. The lowest BCUT2D eigenvalue weighted by molar-refractivity contribution is 0.133. The van der Waals surface area contributed by atoms with Crippen molar-refractivity contribution in [3.63, 3.8) is 0 Å². The molecule has 0 radical (unpaired) electrons. The van der Waals surface area contributed by atoms with Gasteiger partial charge in [0.05, 0.1) is 13.2 Å². The molecule has 1 unspecified atom stereocenters. The van der Waals surface area contributed by atoms with E-state index < -0.39 is 16.2 Å². The maximum Gasteiger partial charge on any atom is 0.340 e. The maximum absolute atomic E-state index is 14.1. The second-order valence-corrected chi connectivity index (χ2v) is 15.8. The summed E-state index contributed by atoms with van der Waals surface area (Å²) in [4.78, 5) is 1.35. The Morgan fingerprint density at radius 2 is 1.49 bits per heavy atom. The predicted octanol–water partition coefficient (Wildman–Crippen LogP) is 11.2. The van der Waals surface area contributed by atoms with Gasteiger partial charge in [-0.3, -0.25) is 0 Å². The highest BCUT2D eigenvalue weighted by Crippen LogP contribution is 2.41. The lowest BCUT2D eigenvalue weighted by atomic mass is 9.91. The molecule has 0 spiro atoms. The van der Waals surface area contributed by atoms with Crippen molar-refractivity contribution in [2.24, 2.45) is 0 Å². The summed E-state index contributed by atoms with van der Waals surface area (Å²) in [5.41, 5.74) is 3.49. The van der Waals surface area contributed by atoms with Gasteiger partial charge in [-0.2, -0.15) is 8.42 Å². The fraction of sp³-hybridized carbons (Fsp3) is 0.304. The average Bonchev–Trinajstić information content (AvgIpc) is 3.20. The smallest absolute Gasteiger partial charge is 0.340 e. The van der Waals surface area contributed by atoms with Crippen LogP contribution in [-0.2, 0) is 21.3 Å². The normalized spacial score (nSPS) is 11.9. The van der Waals surface area contributed by atoms with Crippen molar-refractivity contribution in [3.05, 3.63) is 145 Å². The molecule has 0 heterocycles. The third-order valence-corrected chi connectivity index (χ3v) is 11.5. The van der Waals surface area contributed by atoms with Crippen molar-refractivity contribution >= 4 is 21.9 Å². The van der Waals surface area contributed by atoms with Crippen molar-refractivity contribution in [2.45, 2.75) is 79.6 Å². The number of benzene rings is 5. The number of aliphatic hydroxyl groups excluding tert-OH is 1. The van der Waals surface area contributed by atoms with Gasteiger partial charge in [-0.25, -0.2) is 0 Å². The number of hydrogen-bond acceptors (Lipinski definition) is 8. The van der Waals surface area contributed by atoms with Crippen molar-refractivity contribution in [2.75, 3.05) is 26.4 Å². The average molecular weight is 781 g/mol. The van der Waals surface area contributed by atoms with E-state index in [2.05, 4.69) is 20.4 Å². The largest absolute Gasteiger partial charge is 0.494 e. The first-order chi connectivity index (χ1) is 26.8. The number of unbranched alkanes of at least 4 members (excludes halogenated alkanes) is 4. The highest BCUT2D eigenvalue weighted by atomic mass is 32.2. The summed E-state index contributed by atoms with van der Waals surface area (Å²) in [5, 5.41) is 12.1. The van der Waals surface area contributed by atoms with Gasteiger partial charge in [0.1, 0.15) is 34.9 Å². The van der Waals surface area contributed by atoms with E-state index in [9.17, 15) is 13.5 Å². The molecule has 0 bridgehead atoms. The fourth-order valence-electron chi connectivity index (χ4n) is 6.00. The zero-order valence-corrected chi connectivity index (χ0v) is 33.5.